The zero-order valence-corrected chi connectivity index (χ0v) is 8.53. The summed E-state index contributed by atoms with van der Waals surface area (Å²) in [5, 5.41) is 8.76. The van der Waals surface area contributed by atoms with Crippen molar-refractivity contribution in [3.05, 3.63) is 12.2 Å². The van der Waals surface area contributed by atoms with Gasteiger partial charge >= 0.3 is 11.9 Å². The average molecular weight is 198 g/mol. The molecular weight excluding hydrogens is 184 g/mol. The summed E-state index contributed by atoms with van der Waals surface area (Å²) in [5.74, 6) is -1.44. The lowest BCUT2D eigenvalue weighted by Gasteiger charge is -2.37. The fourth-order valence-corrected chi connectivity index (χ4v) is 1.44. The van der Waals surface area contributed by atoms with Crippen LogP contribution in [0, 0.1) is 5.41 Å². The van der Waals surface area contributed by atoms with E-state index in [4.69, 9.17) is 9.84 Å². The van der Waals surface area contributed by atoms with E-state index in [1.165, 1.54) is 6.08 Å². The molecule has 0 saturated carbocycles. The van der Waals surface area contributed by atoms with E-state index in [1.807, 2.05) is 20.8 Å². The van der Waals surface area contributed by atoms with Crippen molar-refractivity contribution in [2.45, 2.75) is 32.8 Å². The summed E-state index contributed by atoms with van der Waals surface area (Å²) in [4.78, 5) is 21.7. The maximum absolute atomic E-state index is 11.0. The van der Waals surface area contributed by atoms with Gasteiger partial charge in [-0.1, -0.05) is 20.8 Å². The zero-order valence-electron chi connectivity index (χ0n) is 8.53. The average Bonchev–Trinajstić information content (AvgIpc) is 2.29. The topological polar surface area (TPSA) is 63.6 Å². The Bertz CT molecular complexity index is 298. The van der Waals surface area contributed by atoms with E-state index < -0.39 is 23.0 Å². The van der Waals surface area contributed by atoms with E-state index in [1.54, 1.807) is 6.08 Å². The molecule has 0 amide bonds. The first-order valence-corrected chi connectivity index (χ1v) is 4.41. The molecule has 1 rings (SSSR count). The number of rotatable bonds is 2. The number of carbonyl (C=O) groups excluding carboxylic acids is 1. The number of carbonyl (C=O) groups is 2. The molecule has 0 saturated heterocycles. The molecule has 0 radical (unpaired) electrons. The largest absolute Gasteiger partial charge is 0.481 e. The van der Waals surface area contributed by atoms with Crippen LogP contribution in [0.15, 0.2) is 12.2 Å². The standard InChI is InChI=1S/C10H14O4/c1-9(2,3)10(6-7(11)12)5-4-8(13)14-10/h4-5H,6H2,1-3H3,(H,11,12). The molecule has 0 fully saturated rings. The highest BCUT2D eigenvalue weighted by molar-refractivity contribution is 5.86. The third-order valence-corrected chi connectivity index (χ3v) is 2.45. The lowest BCUT2D eigenvalue weighted by Crippen LogP contribution is -2.44. The molecule has 0 aromatic rings. The third kappa shape index (κ3) is 1.78. The Hall–Kier alpha value is -1.32. The van der Waals surface area contributed by atoms with E-state index in [9.17, 15) is 9.59 Å². The first-order valence-electron chi connectivity index (χ1n) is 4.41. The van der Waals surface area contributed by atoms with Crippen LogP contribution in [-0.4, -0.2) is 22.6 Å². The Balaban J connectivity index is 2.99. The number of hydrogen-bond acceptors (Lipinski definition) is 3. The smallest absolute Gasteiger partial charge is 0.331 e. The van der Waals surface area contributed by atoms with Crippen LogP contribution < -0.4 is 0 Å². The van der Waals surface area contributed by atoms with E-state index in [2.05, 4.69) is 0 Å². The van der Waals surface area contributed by atoms with Crippen LogP contribution >= 0.6 is 0 Å². The maximum Gasteiger partial charge on any atom is 0.331 e. The van der Waals surface area contributed by atoms with Crippen molar-refractivity contribution in [1.82, 2.24) is 0 Å². The molecule has 0 aromatic heterocycles. The molecule has 1 heterocycles. The maximum atomic E-state index is 11.0. The molecule has 1 N–H and O–H groups in total. The highest BCUT2D eigenvalue weighted by Gasteiger charge is 2.47. The van der Waals surface area contributed by atoms with Gasteiger partial charge in [0.25, 0.3) is 0 Å². The minimum Gasteiger partial charge on any atom is -0.481 e. The van der Waals surface area contributed by atoms with Gasteiger partial charge in [0.2, 0.25) is 0 Å². The van der Waals surface area contributed by atoms with Gasteiger partial charge in [-0.3, -0.25) is 4.79 Å². The number of ether oxygens (including phenoxy) is 1. The van der Waals surface area contributed by atoms with Crippen molar-refractivity contribution in [3.63, 3.8) is 0 Å². The molecular formula is C10H14O4. The van der Waals surface area contributed by atoms with E-state index in [-0.39, 0.29) is 6.42 Å². The summed E-state index contributed by atoms with van der Waals surface area (Å²) < 4.78 is 5.09. The number of carboxylic acids is 1. The van der Waals surface area contributed by atoms with Gasteiger partial charge < -0.3 is 9.84 Å². The molecule has 4 heteroatoms. The third-order valence-electron chi connectivity index (χ3n) is 2.45. The van der Waals surface area contributed by atoms with E-state index in [0.29, 0.717) is 0 Å². The van der Waals surface area contributed by atoms with Gasteiger partial charge in [0.15, 0.2) is 0 Å². The van der Waals surface area contributed by atoms with Crippen LogP contribution in [0.5, 0.6) is 0 Å². The van der Waals surface area contributed by atoms with Gasteiger partial charge in [0.05, 0.1) is 6.42 Å². The predicted octanol–water partition coefficient (Wildman–Crippen LogP) is 1.36. The summed E-state index contributed by atoms with van der Waals surface area (Å²) in [6.45, 7) is 5.54. The molecule has 4 nitrogen and oxygen atoms in total. The van der Waals surface area contributed by atoms with Gasteiger partial charge in [0.1, 0.15) is 5.60 Å². The lowest BCUT2D eigenvalue weighted by atomic mass is 9.74. The number of carboxylic acid groups (broad SMARTS) is 1. The van der Waals surface area contributed by atoms with Gasteiger partial charge in [-0.15, -0.1) is 0 Å². The summed E-state index contributed by atoms with van der Waals surface area (Å²) in [6, 6.07) is 0. The van der Waals surface area contributed by atoms with Crippen molar-refractivity contribution < 1.29 is 19.4 Å². The van der Waals surface area contributed by atoms with Crippen molar-refractivity contribution in [3.8, 4) is 0 Å². The van der Waals surface area contributed by atoms with Gasteiger partial charge in [-0.05, 0) is 6.08 Å². The number of esters is 1. The van der Waals surface area contributed by atoms with Gasteiger partial charge in [-0.2, -0.15) is 0 Å². The molecule has 1 aliphatic heterocycles. The first kappa shape index (κ1) is 10.8. The molecule has 78 valence electrons. The minimum atomic E-state index is -1.00. The number of cyclic esters (lactones) is 1. The second-order valence-electron chi connectivity index (χ2n) is 4.46. The Morgan fingerprint density at radius 1 is 1.57 bits per heavy atom. The first-order chi connectivity index (χ1) is 6.27. The molecule has 1 atom stereocenters. The normalized spacial score (nSPS) is 26.4. The van der Waals surface area contributed by atoms with Crippen LogP contribution in [0.4, 0.5) is 0 Å². The van der Waals surface area contributed by atoms with Gasteiger partial charge in [-0.25, -0.2) is 4.79 Å². The highest BCUT2D eigenvalue weighted by Crippen LogP contribution is 2.40. The van der Waals surface area contributed by atoms with Gasteiger partial charge in [0, 0.05) is 11.5 Å². The van der Waals surface area contributed by atoms with Crippen molar-refractivity contribution in [2.24, 2.45) is 5.41 Å². The van der Waals surface area contributed by atoms with Crippen molar-refractivity contribution in [1.29, 1.82) is 0 Å². The quantitative estimate of drug-likeness (QED) is 0.680. The zero-order chi connectivity index (χ0) is 11.0. The fourth-order valence-electron chi connectivity index (χ4n) is 1.44. The number of hydrogen-bond donors (Lipinski definition) is 1. The summed E-state index contributed by atoms with van der Waals surface area (Å²) in [5.41, 5.74) is -1.43. The molecule has 0 aliphatic carbocycles. The minimum absolute atomic E-state index is 0.196. The van der Waals surface area contributed by atoms with Crippen LogP contribution in [0.3, 0.4) is 0 Å². The second kappa shape index (κ2) is 3.12. The second-order valence-corrected chi connectivity index (χ2v) is 4.46. The molecule has 0 aromatic carbocycles. The van der Waals surface area contributed by atoms with E-state index in [0.717, 1.165) is 0 Å². The van der Waals surface area contributed by atoms with E-state index >= 15 is 0 Å². The Morgan fingerprint density at radius 2 is 2.14 bits per heavy atom. The monoisotopic (exact) mass is 198 g/mol. The Labute approximate surface area is 82.6 Å². The molecule has 0 spiro atoms. The fraction of sp³-hybridized carbons (Fsp3) is 0.600. The van der Waals surface area contributed by atoms with Crippen molar-refractivity contribution >= 4 is 11.9 Å². The van der Waals surface area contributed by atoms with Crippen LogP contribution in [0.1, 0.15) is 27.2 Å². The van der Waals surface area contributed by atoms with Crippen LogP contribution in [-0.2, 0) is 14.3 Å². The van der Waals surface area contributed by atoms with Crippen LogP contribution in [0.2, 0.25) is 0 Å². The SMILES string of the molecule is CC(C)(C)C1(CC(=O)O)C=CC(=O)O1. The molecule has 1 unspecified atom stereocenters. The Kier molecular flexibility index (Phi) is 2.39. The molecule has 14 heavy (non-hydrogen) atoms. The predicted molar refractivity (Wildman–Crippen MR) is 49.7 cm³/mol. The summed E-state index contributed by atoms with van der Waals surface area (Å²) in [6.07, 6.45) is 2.64. The molecule has 0 bridgehead atoms. The highest BCUT2D eigenvalue weighted by atomic mass is 16.6. The Morgan fingerprint density at radius 3 is 2.43 bits per heavy atom. The molecule has 1 aliphatic rings. The summed E-state index contributed by atoms with van der Waals surface area (Å²) in [7, 11) is 0. The van der Waals surface area contributed by atoms with Crippen LogP contribution in [0.25, 0.3) is 0 Å². The lowest BCUT2D eigenvalue weighted by molar-refractivity contribution is -0.161. The number of aliphatic carboxylic acids is 1. The summed E-state index contributed by atoms with van der Waals surface area (Å²) >= 11 is 0. The van der Waals surface area contributed by atoms with Crippen molar-refractivity contribution in [2.75, 3.05) is 0 Å².